The minimum Gasteiger partial charge on any atom is -0.376 e. The highest BCUT2D eigenvalue weighted by atomic mass is 35.5. The Bertz CT molecular complexity index is 601. The molecule has 0 radical (unpaired) electrons. The first-order valence-corrected chi connectivity index (χ1v) is 8.59. The van der Waals surface area contributed by atoms with Crippen LogP contribution in [0.5, 0.6) is 0 Å². The molecule has 1 unspecified atom stereocenters. The SMILES string of the molecule is CC1CN(Cc2cccc(-c3nc(CCl)cs3)c2)CCO1. The molecule has 1 aliphatic heterocycles. The van der Waals surface area contributed by atoms with Crippen molar-refractivity contribution in [3.05, 3.63) is 40.9 Å². The number of benzene rings is 1. The van der Waals surface area contributed by atoms with Crippen molar-refractivity contribution in [1.29, 1.82) is 0 Å². The molecule has 1 fully saturated rings. The number of rotatable bonds is 4. The Morgan fingerprint density at radius 1 is 1.48 bits per heavy atom. The summed E-state index contributed by atoms with van der Waals surface area (Å²) in [5.41, 5.74) is 3.45. The summed E-state index contributed by atoms with van der Waals surface area (Å²) < 4.78 is 5.59. The third-order valence-electron chi connectivity index (χ3n) is 3.59. The van der Waals surface area contributed by atoms with Gasteiger partial charge >= 0.3 is 0 Å². The van der Waals surface area contributed by atoms with E-state index in [1.54, 1.807) is 11.3 Å². The van der Waals surface area contributed by atoms with Crippen molar-refractivity contribution in [3.8, 4) is 10.6 Å². The van der Waals surface area contributed by atoms with Gasteiger partial charge in [-0.1, -0.05) is 18.2 Å². The molecule has 0 bridgehead atoms. The molecule has 1 aromatic carbocycles. The average molecular weight is 323 g/mol. The highest BCUT2D eigenvalue weighted by Gasteiger charge is 2.16. The zero-order valence-electron chi connectivity index (χ0n) is 12.1. The molecule has 1 aliphatic rings. The fourth-order valence-corrected chi connectivity index (χ4v) is 3.64. The molecule has 0 amide bonds. The molecule has 0 spiro atoms. The van der Waals surface area contributed by atoms with E-state index >= 15 is 0 Å². The summed E-state index contributed by atoms with van der Waals surface area (Å²) in [5.74, 6) is 0.474. The third kappa shape index (κ3) is 3.83. The number of morpholine rings is 1. The van der Waals surface area contributed by atoms with E-state index < -0.39 is 0 Å². The summed E-state index contributed by atoms with van der Waals surface area (Å²) in [6.07, 6.45) is 0.326. The molecule has 112 valence electrons. The van der Waals surface area contributed by atoms with Gasteiger partial charge in [-0.2, -0.15) is 0 Å². The van der Waals surface area contributed by atoms with Crippen molar-refractivity contribution in [2.24, 2.45) is 0 Å². The van der Waals surface area contributed by atoms with Gasteiger partial charge in [-0.05, 0) is 18.6 Å². The number of aromatic nitrogens is 1. The van der Waals surface area contributed by atoms with Crippen LogP contribution >= 0.6 is 22.9 Å². The maximum atomic E-state index is 5.83. The highest BCUT2D eigenvalue weighted by Crippen LogP contribution is 2.25. The van der Waals surface area contributed by atoms with Gasteiger partial charge < -0.3 is 4.74 Å². The number of hydrogen-bond acceptors (Lipinski definition) is 4. The van der Waals surface area contributed by atoms with E-state index in [1.165, 1.54) is 11.1 Å². The minimum absolute atomic E-state index is 0.326. The zero-order valence-corrected chi connectivity index (χ0v) is 13.7. The van der Waals surface area contributed by atoms with Crippen LogP contribution in [0.25, 0.3) is 10.6 Å². The Morgan fingerprint density at radius 3 is 3.14 bits per heavy atom. The first kappa shape index (κ1) is 15.0. The largest absolute Gasteiger partial charge is 0.376 e. The normalized spacial score (nSPS) is 19.8. The minimum atomic E-state index is 0.326. The summed E-state index contributed by atoms with van der Waals surface area (Å²) in [6, 6.07) is 8.63. The number of thiazole rings is 1. The maximum absolute atomic E-state index is 5.83. The molecule has 5 heteroatoms. The molecule has 3 rings (SSSR count). The van der Waals surface area contributed by atoms with E-state index in [0.717, 1.165) is 36.9 Å². The van der Waals surface area contributed by atoms with Crippen LogP contribution in [0.15, 0.2) is 29.6 Å². The first-order chi connectivity index (χ1) is 10.2. The van der Waals surface area contributed by atoms with E-state index in [4.69, 9.17) is 16.3 Å². The van der Waals surface area contributed by atoms with Crippen molar-refractivity contribution in [2.45, 2.75) is 25.5 Å². The van der Waals surface area contributed by atoms with Gasteiger partial charge in [0, 0.05) is 30.6 Å². The predicted octanol–water partition coefficient (Wildman–Crippen LogP) is 3.77. The standard InChI is InChI=1S/C16H19ClN2OS/c1-12-9-19(5-6-20-12)10-13-3-2-4-14(7-13)16-18-15(8-17)11-21-16/h2-4,7,11-12H,5-6,8-10H2,1H3. The van der Waals surface area contributed by atoms with Crippen molar-refractivity contribution in [2.75, 3.05) is 19.7 Å². The molecular formula is C16H19ClN2OS. The number of alkyl halides is 1. The monoisotopic (exact) mass is 322 g/mol. The molecule has 1 saturated heterocycles. The van der Waals surface area contributed by atoms with Crippen LogP contribution < -0.4 is 0 Å². The number of hydrogen-bond donors (Lipinski definition) is 0. The number of ether oxygens (including phenoxy) is 1. The van der Waals surface area contributed by atoms with Crippen molar-refractivity contribution in [3.63, 3.8) is 0 Å². The van der Waals surface area contributed by atoms with Crippen LogP contribution in [0.4, 0.5) is 0 Å². The van der Waals surface area contributed by atoms with Gasteiger partial charge in [0.05, 0.1) is 24.3 Å². The molecule has 1 atom stereocenters. The Balaban J connectivity index is 1.73. The third-order valence-corrected chi connectivity index (χ3v) is 4.81. The lowest BCUT2D eigenvalue weighted by molar-refractivity contribution is -0.0212. The van der Waals surface area contributed by atoms with Crippen molar-refractivity contribution >= 4 is 22.9 Å². The van der Waals surface area contributed by atoms with E-state index in [1.807, 2.05) is 5.38 Å². The summed E-state index contributed by atoms with van der Waals surface area (Å²) in [5, 5.41) is 3.07. The van der Waals surface area contributed by atoms with Gasteiger partial charge in [0.15, 0.2) is 0 Å². The Morgan fingerprint density at radius 2 is 2.38 bits per heavy atom. The van der Waals surface area contributed by atoms with Gasteiger partial charge in [0.2, 0.25) is 0 Å². The molecule has 2 heterocycles. The summed E-state index contributed by atoms with van der Waals surface area (Å²) in [6.45, 7) is 5.92. The molecule has 0 saturated carbocycles. The predicted molar refractivity (Wildman–Crippen MR) is 87.8 cm³/mol. The number of nitrogens with zero attached hydrogens (tertiary/aromatic N) is 2. The van der Waals surface area contributed by atoms with Crippen molar-refractivity contribution in [1.82, 2.24) is 9.88 Å². The second-order valence-electron chi connectivity index (χ2n) is 5.39. The van der Waals surface area contributed by atoms with Crippen LogP contribution in [0, 0.1) is 0 Å². The summed E-state index contributed by atoms with van der Waals surface area (Å²) in [7, 11) is 0. The lowest BCUT2D eigenvalue weighted by Crippen LogP contribution is -2.40. The van der Waals surface area contributed by atoms with E-state index in [0.29, 0.717) is 12.0 Å². The second-order valence-corrected chi connectivity index (χ2v) is 6.52. The van der Waals surface area contributed by atoms with Gasteiger partial charge in [0.25, 0.3) is 0 Å². The fourth-order valence-electron chi connectivity index (χ4n) is 2.60. The molecule has 0 N–H and O–H groups in total. The van der Waals surface area contributed by atoms with E-state index in [2.05, 4.69) is 41.1 Å². The van der Waals surface area contributed by atoms with Crippen LogP contribution in [-0.2, 0) is 17.2 Å². The fraction of sp³-hybridized carbons (Fsp3) is 0.438. The summed E-state index contributed by atoms with van der Waals surface area (Å²) >= 11 is 7.48. The average Bonchev–Trinajstić information content (AvgIpc) is 2.96. The first-order valence-electron chi connectivity index (χ1n) is 7.18. The lowest BCUT2D eigenvalue weighted by atomic mass is 10.1. The van der Waals surface area contributed by atoms with Gasteiger partial charge in [-0.15, -0.1) is 22.9 Å². The molecule has 21 heavy (non-hydrogen) atoms. The van der Waals surface area contributed by atoms with Crippen molar-refractivity contribution < 1.29 is 4.74 Å². The summed E-state index contributed by atoms with van der Waals surface area (Å²) in [4.78, 5) is 7.00. The Labute approximate surface area is 134 Å². The van der Waals surface area contributed by atoms with Gasteiger partial charge in [-0.25, -0.2) is 4.98 Å². The Hall–Kier alpha value is -0.940. The van der Waals surface area contributed by atoms with Crippen LogP contribution in [-0.4, -0.2) is 35.7 Å². The van der Waals surface area contributed by atoms with E-state index in [-0.39, 0.29) is 0 Å². The number of halogens is 1. The molecule has 0 aliphatic carbocycles. The molecule has 3 nitrogen and oxygen atoms in total. The quantitative estimate of drug-likeness (QED) is 0.801. The van der Waals surface area contributed by atoms with Gasteiger partial charge in [0.1, 0.15) is 5.01 Å². The second kappa shape index (κ2) is 6.88. The zero-order chi connectivity index (χ0) is 14.7. The molecule has 1 aromatic heterocycles. The molecular weight excluding hydrogens is 304 g/mol. The molecule has 2 aromatic rings. The Kier molecular flexibility index (Phi) is 4.91. The van der Waals surface area contributed by atoms with Crippen LogP contribution in [0.3, 0.4) is 0 Å². The maximum Gasteiger partial charge on any atom is 0.123 e. The van der Waals surface area contributed by atoms with Gasteiger partial charge in [-0.3, -0.25) is 4.90 Å². The smallest absolute Gasteiger partial charge is 0.123 e. The lowest BCUT2D eigenvalue weighted by Gasteiger charge is -2.31. The topological polar surface area (TPSA) is 25.4 Å². The highest BCUT2D eigenvalue weighted by molar-refractivity contribution is 7.13. The van der Waals surface area contributed by atoms with E-state index in [9.17, 15) is 0 Å². The van der Waals surface area contributed by atoms with Crippen LogP contribution in [0.2, 0.25) is 0 Å². The van der Waals surface area contributed by atoms with Crippen LogP contribution in [0.1, 0.15) is 18.2 Å².